The molecule has 0 aromatic heterocycles. The van der Waals surface area contributed by atoms with Crippen LogP contribution in [0.15, 0.2) is 23.1 Å². The average Bonchev–Trinajstić information content (AvgIpc) is 2.38. The van der Waals surface area contributed by atoms with E-state index in [1.165, 1.54) is 0 Å². The highest BCUT2D eigenvalue weighted by Crippen LogP contribution is 2.37. The van der Waals surface area contributed by atoms with E-state index in [9.17, 15) is 4.79 Å². The maximum absolute atomic E-state index is 11.3. The number of anilines is 1. The number of amides is 1. The molecule has 1 N–H and O–H groups in total. The number of methoxy groups -OCH3 is 1. The fourth-order valence-electron chi connectivity index (χ4n) is 1.38. The van der Waals surface area contributed by atoms with Crippen molar-refractivity contribution in [3.05, 3.63) is 18.2 Å². The molecule has 0 aliphatic carbocycles. The number of carbonyl (C=O) groups excluding carboxylic acids is 1. The van der Waals surface area contributed by atoms with Crippen LogP contribution in [0.3, 0.4) is 0 Å². The lowest BCUT2D eigenvalue weighted by molar-refractivity contribution is -0.115. The predicted molar refractivity (Wildman–Crippen MR) is 57.0 cm³/mol. The maximum atomic E-state index is 11.3. The van der Waals surface area contributed by atoms with E-state index in [0.29, 0.717) is 6.42 Å². The number of fused-ring (bicyclic) bond motifs is 1. The fraction of sp³-hybridized carbons (Fsp3) is 0.300. The van der Waals surface area contributed by atoms with Gasteiger partial charge in [0.25, 0.3) is 0 Å². The van der Waals surface area contributed by atoms with Crippen molar-refractivity contribution in [2.24, 2.45) is 0 Å². The molecule has 0 saturated carbocycles. The predicted octanol–water partition coefficient (Wildman–Crippen LogP) is 2.13. The molecule has 1 aromatic rings. The Bertz CT molecular complexity index is 365. The van der Waals surface area contributed by atoms with Gasteiger partial charge in [0.15, 0.2) is 0 Å². The van der Waals surface area contributed by atoms with Crippen LogP contribution in [0, 0.1) is 0 Å². The van der Waals surface area contributed by atoms with Crippen molar-refractivity contribution in [2.45, 2.75) is 11.3 Å². The molecule has 1 aromatic carbocycles. The molecule has 3 nitrogen and oxygen atoms in total. The summed E-state index contributed by atoms with van der Waals surface area (Å²) in [6.07, 6.45) is 0.558. The molecule has 0 fully saturated rings. The molecular weight excluding hydrogens is 198 g/mol. The van der Waals surface area contributed by atoms with Crippen LogP contribution in [0.4, 0.5) is 5.69 Å². The van der Waals surface area contributed by atoms with Gasteiger partial charge in [-0.3, -0.25) is 4.79 Å². The first-order chi connectivity index (χ1) is 6.81. The van der Waals surface area contributed by atoms with Gasteiger partial charge in [-0.15, -0.1) is 11.8 Å². The van der Waals surface area contributed by atoms with Crippen LogP contribution in [-0.4, -0.2) is 18.8 Å². The van der Waals surface area contributed by atoms with Crippen LogP contribution >= 0.6 is 11.8 Å². The molecule has 0 spiro atoms. The van der Waals surface area contributed by atoms with E-state index in [1.807, 2.05) is 18.2 Å². The van der Waals surface area contributed by atoms with E-state index in [2.05, 4.69) is 5.32 Å². The summed E-state index contributed by atoms with van der Waals surface area (Å²) in [4.78, 5) is 12.4. The minimum atomic E-state index is 0.0563. The Balaban J connectivity index is 2.45. The Morgan fingerprint density at radius 3 is 3.14 bits per heavy atom. The van der Waals surface area contributed by atoms with Crippen LogP contribution in [0.25, 0.3) is 0 Å². The number of rotatable bonds is 1. The Labute approximate surface area is 86.8 Å². The fourth-order valence-corrected chi connectivity index (χ4v) is 2.36. The summed E-state index contributed by atoms with van der Waals surface area (Å²) in [6, 6.07) is 5.78. The topological polar surface area (TPSA) is 38.3 Å². The molecule has 74 valence electrons. The van der Waals surface area contributed by atoms with E-state index in [0.717, 1.165) is 22.1 Å². The molecule has 0 radical (unpaired) electrons. The van der Waals surface area contributed by atoms with Gasteiger partial charge in [0.1, 0.15) is 5.75 Å². The molecule has 4 heteroatoms. The van der Waals surface area contributed by atoms with Crippen LogP contribution in [-0.2, 0) is 4.79 Å². The number of benzene rings is 1. The van der Waals surface area contributed by atoms with Gasteiger partial charge < -0.3 is 10.1 Å². The summed E-state index contributed by atoms with van der Waals surface area (Å²) in [5.74, 6) is 1.61. The molecule has 1 amide bonds. The molecule has 0 atom stereocenters. The van der Waals surface area contributed by atoms with Crippen molar-refractivity contribution in [3.8, 4) is 5.75 Å². The summed E-state index contributed by atoms with van der Waals surface area (Å²) < 4.78 is 5.19. The van der Waals surface area contributed by atoms with Crippen molar-refractivity contribution < 1.29 is 9.53 Å². The third-order valence-electron chi connectivity index (χ3n) is 2.06. The van der Waals surface area contributed by atoms with Crippen molar-refractivity contribution >= 4 is 23.4 Å². The Morgan fingerprint density at radius 1 is 1.50 bits per heavy atom. The normalized spacial score (nSPS) is 15.4. The number of ether oxygens (including phenoxy) is 1. The van der Waals surface area contributed by atoms with Gasteiger partial charge in [-0.2, -0.15) is 0 Å². The number of hydrogen-bond donors (Lipinski definition) is 1. The van der Waals surface area contributed by atoms with Crippen LogP contribution in [0.5, 0.6) is 5.75 Å². The number of hydrogen-bond acceptors (Lipinski definition) is 3. The number of thioether (sulfide) groups is 1. The molecule has 2 rings (SSSR count). The second kappa shape index (κ2) is 3.92. The monoisotopic (exact) mass is 209 g/mol. The van der Waals surface area contributed by atoms with E-state index in [4.69, 9.17) is 4.74 Å². The van der Waals surface area contributed by atoms with E-state index in [1.54, 1.807) is 18.9 Å². The Morgan fingerprint density at radius 2 is 2.36 bits per heavy atom. The first kappa shape index (κ1) is 9.40. The van der Waals surface area contributed by atoms with Crippen molar-refractivity contribution in [2.75, 3.05) is 18.2 Å². The zero-order valence-corrected chi connectivity index (χ0v) is 8.69. The van der Waals surface area contributed by atoms with E-state index < -0.39 is 0 Å². The Hall–Kier alpha value is -1.16. The molecule has 1 aliphatic rings. The number of para-hydroxylation sites is 1. The maximum Gasteiger partial charge on any atom is 0.225 e. The molecule has 0 unspecified atom stereocenters. The van der Waals surface area contributed by atoms with Gasteiger partial charge in [0.05, 0.1) is 12.8 Å². The van der Waals surface area contributed by atoms with Crippen molar-refractivity contribution in [3.63, 3.8) is 0 Å². The summed E-state index contributed by atoms with van der Waals surface area (Å²) in [7, 11) is 1.61. The average molecular weight is 209 g/mol. The highest BCUT2D eigenvalue weighted by atomic mass is 32.2. The van der Waals surface area contributed by atoms with Gasteiger partial charge in [0.2, 0.25) is 5.91 Å². The minimum absolute atomic E-state index is 0.0563. The lowest BCUT2D eigenvalue weighted by atomic mass is 10.3. The molecular formula is C10H11NO2S. The second-order valence-electron chi connectivity index (χ2n) is 2.98. The minimum Gasteiger partial charge on any atom is -0.495 e. The third-order valence-corrected chi connectivity index (χ3v) is 3.12. The standard InChI is InChI=1S/C10H11NO2S/c1-13-7-3-2-4-8-10(7)11-9(12)5-6-14-8/h2-4H,5-6H2,1H3,(H,11,12). The van der Waals surface area contributed by atoms with Crippen LogP contribution < -0.4 is 10.1 Å². The van der Waals surface area contributed by atoms with Gasteiger partial charge in [-0.05, 0) is 12.1 Å². The first-order valence-corrected chi connectivity index (χ1v) is 5.39. The number of nitrogens with one attached hydrogen (secondary N) is 1. The number of carbonyl (C=O) groups is 1. The molecule has 0 bridgehead atoms. The lowest BCUT2D eigenvalue weighted by Gasteiger charge is -2.10. The van der Waals surface area contributed by atoms with Crippen LogP contribution in [0.2, 0.25) is 0 Å². The SMILES string of the molecule is COc1cccc2c1NC(=O)CCS2. The zero-order valence-electron chi connectivity index (χ0n) is 7.87. The molecule has 1 heterocycles. The van der Waals surface area contributed by atoms with Gasteiger partial charge in [-0.25, -0.2) is 0 Å². The summed E-state index contributed by atoms with van der Waals surface area (Å²) in [5, 5.41) is 2.86. The third kappa shape index (κ3) is 1.70. The summed E-state index contributed by atoms with van der Waals surface area (Å²) in [6.45, 7) is 0. The molecule has 14 heavy (non-hydrogen) atoms. The molecule has 1 aliphatic heterocycles. The van der Waals surface area contributed by atoms with Gasteiger partial charge >= 0.3 is 0 Å². The first-order valence-electron chi connectivity index (χ1n) is 4.41. The van der Waals surface area contributed by atoms with E-state index >= 15 is 0 Å². The quantitative estimate of drug-likeness (QED) is 0.770. The highest BCUT2D eigenvalue weighted by molar-refractivity contribution is 7.99. The highest BCUT2D eigenvalue weighted by Gasteiger charge is 2.16. The smallest absolute Gasteiger partial charge is 0.225 e. The zero-order chi connectivity index (χ0) is 9.97. The van der Waals surface area contributed by atoms with E-state index in [-0.39, 0.29) is 5.91 Å². The molecule has 0 saturated heterocycles. The van der Waals surface area contributed by atoms with Gasteiger partial charge in [0, 0.05) is 17.1 Å². The summed E-state index contributed by atoms with van der Waals surface area (Å²) in [5.41, 5.74) is 0.808. The largest absolute Gasteiger partial charge is 0.495 e. The lowest BCUT2D eigenvalue weighted by Crippen LogP contribution is -2.10. The van der Waals surface area contributed by atoms with Crippen LogP contribution in [0.1, 0.15) is 6.42 Å². The summed E-state index contributed by atoms with van der Waals surface area (Å²) >= 11 is 1.68. The second-order valence-corrected chi connectivity index (χ2v) is 4.12. The van der Waals surface area contributed by atoms with Crippen molar-refractivity contribution in [1.82, 2.24) is 0 Å². The van der Waals surface area contributed by atoms with Gasteiger partial charge in [-0.1, -0.05) is 6.07 Å². The van der Waals surface area contributed by atoms with Crippen molar-refractivity contribution in [1.29, 1.82) is 0 Å². The Kier molecular flexibility index (Phi) is 2.63.